The number of nitrogens with two attached hydrogens (primary N) is 1. The zero-order valence-corrected chi connectivity index (χ0v) is 8.80. The van der Waals surface area contributed by atoms with Gasteiger partial charge < -0.3 is 5.73 Å². The number of hydrogen-bond donors (Lipinski definition) is 1. The Bertz CT molecular complexity index is 407. The van der Waals surface area contributed by atoms with Crippen molar-refractivity contribution < 1.29 is 13.6 Å². The predicted molar refractivity (Wildman–Crippen MR) is 55.8 cm³/mol. The van der Waals surface area contributed by atoms with Gasteiger partial charge in [-0.05, 0) is 30.5 Å². The molecule has 0 saturated heterocycles. The monoisotopic (exact) mass is 225 g/mol. The molecule has 0 aromatic heterocycles. The standard InChI is InChI=1S/C12H13F2NO/c13-9-3-8(4-10(14)6-9)5-11(16)12(7-15)1-2-12/h3-4,6H,1-2,5,7,15H2. The van der Waals surface area contributed by atoms with E-state index in [4.69, 9.17) is 5.73 Å². The van der Waals surface area contributed by atoms with Crippen LogP contribution in [0.3, 0.4) is 0 Å². The molecule has 0 radical (unpaired) electrons. The second kappa shape index (κ2) is 3.94. The van der Waals surface area contributed by atoms with Crippen molar-refractivity contribution in [1.82, 2.24) is 0 Å². The van der Waals surface area contributed by atoms with Crippen LogP contribution in [0.2, 0.25) is 0 Å². The van der Waals surface area contributed by atoms with E-state index in [9.17, 15) is 13.6 Å². The van der Waals surface area contributed by atoms with Gasteiger partial charge in [0.2, 0.25) is 0 Å². The van der Waals surface area contributed by atoms with Crippen molar-refractivity contribution in [3.05, 3.63) is 35.4 Å². The highest BCUT2D eigenvalue weighted by atomic mass is 19.1. The lowest BCUT2D eigenvalue weighted by Gasteiger charge is -2.10. The molecule has 2 N–H and O–H groups in total. The van der Waals surface area contributed by atoms with Gasteiger partial charge in [0, 0.05) is 24.4 Å². The summed E-state index contributed by atoms with van der Waals surface area (Å²) < 4.78 is 25.8. The van der Waals surface area contributed by atoms with Gasteiger partial charge in [-0.15, -0.1) is 0 Å². The van der Waals surface area contributed by atoms with Gasteiger partial charge in [-0.1, -0.05) is 0 Å². The molecule has 0 spiro atoms. The van der Waals surface area contributed by atoms with Crippen molar-refractivity contribution in [3.8, 4) is 0 Å². The Hall–Kier alpha value is -1.29. The maximum atomic E-state index is 12.9. The van der Waals surface area contributed by atoms with Crippen molar-refractivity contribution in [2.45, 2.75) is 19.3 Å². The van der Waals surface area contributed by atoms with E-state index in [2.05, 4.69) is 0 Å². The zero-order chi connectivity index (χ0) is 11.8. The molecule has 4 heteroatoms. The zero-order valence-electron chi connectivity index (χ0n) is 8.80. The van der Waals surface area contributed by atoms with Gasteiger partial charge in [-0.3, -0.25) is 4.79 Å². The van der Waals surface area contributed by atoms with Crippen molar-refractivity contribution in [3.63, 3.8) is 0 Å². The summed E-state index contributed by atoms with van der Waals surface area (Å²) in [6.07, 6.45) is 1.64. The second-order valence-corrected chi connectivity index (χ2v) is 4.36. The number of hydrogen-bond acceptors (Lipinski definition) is 2. The molecule has 0 unspecified atom stereocenters. The number of rotatable bonds is 4. The maximum absolute atomic E-state index is 12.9. The van der Waals surface area contributed by atoms with Gasteiger partial charge in [0.25, 0.3) is 0 Å². The fourth-order valence-electron chi connectivity index (χ4n) is 1.83. The van der Waals surface area contributed by atoms with Gasteiger partial charge in [-0.2, -0.15) is 0 Å². The first-order valence-corrected chi connectivity index (χ1v) is 5.24. The third-order valence-corrected chi connectivity index (χ3v) is 3.12. The van der Waals surface area contributed by atoms with Crippen molar-refractivity contribution in [1.29, 1.82) is 0 Å². The van der Waals surface area contributed by atoms with Crippen LogP contribution in [0, 0.1) is 17.0 Å². The Balaban J connectivity index is 2.12. The van der Waals surface area contributed by atoms with Crippen LogP contribution in [0.1, 0.15) is 18.4 Å². The lowest BCUT2D eigenvalue weighted by Crippen LogP contribution is -2.26. The molecule has 0 aliphatic heterocycles. The summed E-state index contributed by atoms with van der Waals surface area (Å²) in [5.74, 6) is -1.32. The minimum Gasteiger partial charge on any atom is -0.329 e. The van der Waals surface area contributed by atoms with Crippen LogP contribution in [-0.2, 0) is 11.2 Å². The van der Waals surface area contributed by atoms with Gasteiger partial charge in [0.1, 0.15) is 17.4 Å². The number of Topliss-reactive ketones (excluding diaryl/α,β-unsaturated/α-hetero) is 1. The Morgan fingerprint density at radius 3 is 2.25 bits per heavy atom. The van der Waals surface area contributed by atoms with Gasteiger partial charge in [-0.25, -0.2) is 8.78 Å². The lowest BCUT2D eigenvalue weighted by atomic mass is 9.95. The molecule has 2 rings (SSSR count). The van der Waals surface area contributed by atoms with E-state index >= 15 is 0 Å². The minimum atomic E-state index is -0.652. The third kappa shape index (κ3) is 2.11. The predicted octanol–water partition coefficient (Wildman–Crippen LogP) is 1.82. The quantitative estimate of drug-likeness (QED) is 0.849. The Morgan fingerprint density at radius 1 is 1.25 bits per heavy atom. The van der Waals surface area contributed by atoms with Gasteiger partial charge in [0.05, 0.1) is 0 Å². The van der Waals surface area contributed by atoms with Crippen LogP contribution < -0.4 is 5.73 Å². The van der Waals surface area contributed by atoms with Crippen molar-refractivity contribution in [2.75, 3.05) is 6.54 Å². The van der Waals surface area contributed by atoms with E-state index in [1.54, 1.807) is 0 Å². The molecule has 0 bridgehead atoms. The number of carbonyl (C=O) groups is 1. The molecular weight excluding hydrogens is 212 g/mol. The maximum Gasteiger partial charge on any atom is 0.144 e. The van der Waals surface area contributed by atoms with Crippen LogP contribution >= 0.6 is 0 Å². The highest BCUT2D eigenvalue weighted by molar-refractivity contribution is 5.89. The van der Waals surface area contributed by atoms with E-state index in [0.717, 1.165) is 18.9 Å². The van der Waals surface area contributed by atoms with E-state index in [0.29, 0.717) is 12.1 Å². The summed E-state index contributed by atoms with van der Waals surface area (Å²) in [7, 11) is 0. The first kappa shape index (κ1) is 11.2. The van der Waals surface area contributed by atoms with Crippen LogP contribution in [0.4, 0.5) is 8.78 Å². The smallest absolute Gasteiger partial charge is 0.144 e. The summed E-state index contributed by atoms with van der Waals surface area (Å²) >= 11 is 0. The molecule has 86 valence electrons. The molecule has 0 atom stereocenters. The summed E-state index contributed by atoms with van der Waals surface area (Å²) in [5, 5.41) is 0. The number of benzene rings is 1. The van der Waals surface area contributed by atoms with E-state index in [1.165, 1.54) is 12.1 Å². The van der Waals surface area contributed by atoms with Crippen molar-refractivity contribution >= 4 is 5.78 Å². The summed E-state index contributed by atoms with van der Waals surface area (Å²) in [5.41, 5.74) is 5.48. The van der Waals surface area contributed by atoms with Gasteiger partial charge in [0.15, 0.2) is 0 Å². The fourth-order valence-corrected chi connectivity index (χ4v) is 1.83. The Labute approximate surface area is 92.4 Å². The molecule has 1 saturated carbocycles. The number of carbonyl (C=O) groups excluding carboxylic acids is 1. The third-order valence-electron chi connectivity index (χ3n) is 3.12. The molecule has 2 nitrogen and oxygen atoms in total. The SMILES string of the molecule is NCC1(C(=O)Cc2cc(F)cc(F)c2)CC1. The summed E-state index contributed by atoms with van der Waals surface area (Å²) in [6, 6.07) is 3.17. The largest absolute Gasteiger partial charge is 0.329 e. The molecule has 1 aromatic carbocycles. The normalized spacial score (nSPS) is 17.2. The Kier molecular flexibility index (Phi) is 2.76. The van der Waals surface area contributed by atoms with E-state index in [-0.39, 0.29) is 12.2 Å². The highest BCUT2D eigenvalue weighted by Crippen LogP contribution is 2.46. The minimum absolute atomic E-state index is 0.0139. The average molecular weight is 225 g/mol. The second-order valence-electron chi connectivity index (χ2n) is 4.36. The van der Waals surface area contributed by atoms with Crippen LogP contribution in [0.5, 0.6) is 0 Å². The van der Waals surface area contributed by atoms with Gasteiger partial charge >= 0.3 is 0 Å². The number of halogens is 2. The van der Waals surface area contributed by atoms with E-state index < -0.39 is 17.0 Å². The van der Waals surface area contributed by atoms with E-state index in [1.807, 2.05) is 0 Å². The summed E-state index contributed by atoms with van der Waals surface area (Å²) in [6.45, 7) is 0.323. The molecule has 0 amide bonds. The Morgan fingerprint density at radius 2 is 1.81 bits per heavy atom. The molecule has 1 fully saturated rings. The van der Waals surface area contributed by atoms with Crippen LogP contribution in [-0.4, -0.2) is 12.3 Å². The highest BCUT2D eigenvalue weighted by Gasteiger charge is 2.47. The van der Waals surface area contributed by atoms with Crippen molar-refractivity contribution in [2.24, 2.45) is 11.1 Å². The van der Waals surface area contributed by atoms with Crippen LogP contribution in [0.25, 0.3) is 0 Å². The molecule has 1 aliphatic carbocycles. The first-order valence-electron chi connectivity index (χ1n) is 5.24. The molecule has 1 aromatic rings. The molecule has 1 aliphatic rings. The molecule has 0 heterocycles. The average Bonchev–Trinajstić information content (AvgIpc) is 2.96. The van der Waals surface area contributed by atoms with Crippen LogP contribution in [0.15, 0.2) is 18.2 Å². The molecular formula is C12H13F2NO. The number of ketones is 1. The molecule has 16 heavy (non-hydrogen) atoms. The lowest BCUT2D eigenvalue weighted by molar-refractivity contribution is -0.123. The fraction of sp³-hybridized carbons (Fsp3) is 0.417. The first-order chi connectivity index (χ1) is 7.55. The summed E-state index contributed by atoms with van der Waals surface area (Å²) in [4.78, 5) is 11.8. The topological polar surface area (TPSA) is 43.1 Å².